The van der Waals surface area contributed by atoms with Crippen LogP contribution in [0, 0.1) is 5.92 Å². The first-order chi connectivity index (χ1) is 13.0. The summed E-state index contributed by atoms with van der Waals surface area (Å²) in [6.45, 7) is 7.84. The Balaban J connectivity index is 0.00000210. The number of rotatable bonds is 6. The fourth-order valence-electron chi connectivity index (χ4n) is 3.41. The molecular formula is C22H31Cl2N3O2. The molecule has 0 atom stereocenters. The Hall–Kier alpha value is -1.95. The Bertz CT molecular complexity index is 761. The van der Waals surface area contributed by atoms with Crippen LogP contribution >= 0.6 is 24.8 Å². The highest BCUT2D eigenvalue weighted by Crippen LogP contribution is 2.22. The Labute approximate surface area is 185 Å². The molecule has 7 heteroatoms. The van der Waals surface area contributed by atoms with Gasteiger partial charge in [-0.15, -0.1) is 24.8 Å². The molecule has 1 saturated heterocycles. The SMILES string of the molecule is CC(C)CN1CCC(Oc2ccc(C(=O)Nc3ccccc3N)cc2)CC1.Cl.Cl. The van der Waals surface area contributed by atoms with Crippen LogP contribution in [0.5, 0.6) is 5.75 Å². The zero-order chi connectivity index (χ0) is 19.2. The van der Waals surface area contributed by atoms with E-state index >= 15 is 0 Å². The van der Waals surface area contributed by atoms with Crippen molar-refractivity contribution in [2.75, 3.05) is 30.7 Å². The van der Waals surface area contributed by atoms with Gasteiger partial charge < -0.3 is 20.7 Å². The topological polar surface area (TPSA) is 67.6 Å². The number of ether oxygens (including phenoxy) is 1. The number of likely N-dealkylation sites (tertiary alicyclic amines) is 1. The highest BCUT2D eigenvalue weighted by Gasteiger charge is 2.21. The Kier molecular flexibility index (Phi) is 10.3. The van der Waals surface area contributed by atoms with Gasteiger partial charge >= 0.3 is 0 Å². The number of nitrogens with one attached hydrogen (secondary N) is 1. The Morgan fingerprint density at radius 1 is 1.10 bits per heavy atom. The second kappa shape index (κ2) is 11.9. The molecular weight excluding hydrogens is 409 g/mol. The van der Waals surface area contributed by atoms with Gasteiger partial charge in [0, 0.05) is 25.2 Å². The van der Waals surface area contributed by atoms with E-state index in [-0.39, 0.29) is 36.8 Å². The molecule has 1 aliphatic rings. The normalized spacial score (nSPS) is 14.6. The average molecular weight is 440 g/mol. The number of nitrogen functional groups attached to an aromatic ring is 1. The number of hydrogen-bond donors (Lipinski definition) is 2. The number of hydrogen-bond acceptors (Lipinski definition) is 4. The molecule has 1 aliphatic heterocycles. The maximum atomic E-state index is 12.4. The summed E-state index contributed by atoms with van der Waals surface area (Å²) in [6.07, 6.45) is 2.34. The summed E-state index contributed by atoms with van der Waals surface area (Å²) in [4.78, 5) is 14.9. The molecule has 0 spiro atoms. The fourth-order valence-corrected chi connectivity index (χ4v) is 3.41. The number of nitrogens with two attached hydrogens (primary N) is 1. The van der Waals surface area contributed by atoms with E-state index in [2.05, 4.69) is 24.1 Å². The third-order valence-electron chi connectivity index (χ3n) is 4.79. The molecule has 0 aromatic heterocycles. The van der Waals surface area contributed by atoms with Gasteiger partial charge in [0.05, 0.1) is 11.4 Å². The molecule has 0 saturated carbocycles. The smallest absolute Gasteiger partial charge is 0.255 e. The standard InChI is InChI=1S/C22H29N3O2.2ClH/c1-16(2)15-25-13-11-19(12-14-25)27-18-9-7-17(8-10-18)22(26)24-21-6-4-3-5-20(21)23;;/h3-10,16,19H,11-15,23H2,1-2H3,(H,24,26);2*1H. The predicted octanol–water partition coefficient (Wildman–Crippen LogP) is 4.86. The predicted molar refractivity (Wildman–Crippen MR) is 125 cm³/mol. The first-order valence-electron chi connectivity index (χ1n) is 9.66. The molecule has 1 amide bonds. The molecule has 29 heavy (non-hydrogen) atoms. The van der Waals surface area contributed by atoms with E-state index in [1.807, 2.05) is 24.3 Å². The Morgan fingerprint density at radius 3 is 2.31 bits per heavy atom. The first kappa shape index (κ1) is 25.1. The molecule has 3 N–H and O–H groups in total. The van der Waals surface area contributed by atoms with Crippen LogP contribution in [0.3, 0.4) is 0 Å². The van der Waals surface area contributed by atoms with Crippen LogP contribution in [-0.4, -0.2) is 36.5 Å². The lowest BCUT2D eigenvalue weighted by Crippen LogP contribution is -2.39. The van der Waals surface area contributed by atoms with Crippen molar-refractivity contribution in [3.05, 3.63) is 54.1 Å². The summed E-state index contributed by atoms with van der Waals surface area (Å²) in [6, 6.07) is 14.5. The molecule has 3 rings (SSSR count). The van der Waals surface area contributed by atoms with Gasteiger partial charge in [-0.1, -0.05) is 26.0 Å². The zero-order valence-corrected chi connectivity index (χ0v) is 18.6. The molecule has 5 nitrogen and oxygen atoms in total. The van der Waals surface area contributed by atoms with E-state index in [4.69, 9.17) is 10.5 Å². The second-order valence-electron chi connectivity index (χ2n) is 7.58. The van der Waals surface area contributed by atoms with Gasteiger partial charge in [-0.3, -0.25) is 4.79 Å². The number of amides is 1. The summed E-state index contributed by atoms with van der Waals surface area (Å²) >= 11 is 0. The van der Waals surface area contributed by atoms with E-state index in [1.54, 1.807) is 24.3 Å². The molecule has 160 valence electrons. The van der Waals surface area contributed by atoms with Crippen LogP contribution in [0.4, 0.5) is 11.4 Å². The minimum atomic E-state index is -0.179. The van der Waals surface area contributed by atoms with E-state index in [0.717, 1.165) is 38.2 Å². The monoisotopic (exact) mass is 439 g/mol. The van der Waals surface area contributed by atoms with Crippen molar-refractivity contribution in [3.63, 3.8) is 0 Å². The largest absolute Gasteiger partial charge is 0.490 e. The number of nitrogens with zero attached hydrogens (tertiary/aromatic N) is 1. The summed E-state index contributed by atoms with van der Waals surface area (Å²) in [5.74, 6) is 1.34. The quantitative estimate of drug-likeness (QED) is 0.630. The molecule has 1 fully saturated rings. The van der Waals surface area contributed by atoms with Crippen LogP contribution < -0.4 is 15.8 Å². The van der Waals surface area contributed by atoms with Gasteiger partial charge in [0.15, 0.2) is 0 Å². The highest BCUT2D eigenvalue weighted by atomic mass is 35.5. The minimum absolute atomic E-state index is 0. The van der Waals surface area contributed by atoms with E-state index < -0.39 is 0 Å². The summed E-state index contributed by atoms with van der Waals surface area (Å²) in [5, 5.41) is 2.84. The van der Waals surface area contributed by atoms with Crippen LogP contribution in [0.1, 0.15) is 37.0 Å². The molecule has 2 aromatic carbocycles. The summed E-state index contributed by atoms with van der Waals surface area (Å²) < 4.78 is 6.10. The lowest BCUT2D eigenvalue weighted by Gasteiger charge is -2.33. The van der Waals surface area contributed by atoms with Gasteiger partial charge in [-0.2, -0.15) is 0 Å². The summed E-state index contributed by atoms with van der Waals surface area (Å²) in [5.41, 5.74) is 7.63. The molecule has 2 aromatic rings. The van der Waals surface area contributed by atoms with Crippen molar-refractivity contribution in [2.45, 2.75) is 32.8 Å². The maximum Gasteiger partial charge on any atom is 0.255 e. The fraction of sp³-hybridized carbons (Fsp3) is 0.409. The van der Waals surface area contributed by atoms with Crippen molar-refractivity contribution in [1.29, 1.82) is 0 Å². The molecule has 0 unspecified atom stereocenters. The van der Waals surface area contributed by atoms with Crippen LogP contribution in [0.25, 0.3) is 0 Å². The number of carbonyl (C=O) groups is 1. The number of halogens is 2. The number of para-hydroxylation sites is 2. The first-order valence-corrected chi connectivity index (χ1v) is 9.66. The van der Waals surface area contributed by atoms with Gasteiger partial charge in [0.25, 0.3) is 5.91 Å². The molecule has 0 aliphatic carbocycles. The van der Waals surface area contributed by atoms with Gasteiger partial charge in [-0.25, -0.2) is 0 Å². The van der Waals surface area contributed by atoms with Crippen molar-refractivity contribution in [1.82, 2.24) is 4.90 Å². The lowest BCUT2D eigenvalue weighted by molar-refractivity contribution is 0.0941. The van der Waals surface area contributed by atoms with Crippen molar-refractivity contribution >= 4 is 42.1 Å². The molecule has 0 radical (unpaired) electrons. The van der Waals surface area contributed by atoms with Gasteiger partial charge in [0.1, 0.15) is 11.9 Å². The zero-order valence-electron chi connectivity index (χ0n) is 17.0. The minimum Gasteiger partial charge on any atom is -0.490 e. The summed E-state index contributed by atoms with van der Waals surface area (Å²) in [7, 11) is 0. The number of carbonyl (C=O) groups excluding carboxylic acids is 1. The number of benzene rings is 2. The van der Waals surface area contributed by atoms with Crippen molar-refractivity contribution < 1.29 is 9.53 Å². The molecule has 0 bridgehead atoms. The highest BCUT2D eigenvalue weighted by molar-refractivity contribution is 6.05. The molecule has 1 heterocycles. The second-order valence-corrected chi connectivity index (χ2v) is 7.58. The van der Waals surface area contributed by atoms with Gasteiger partial charge in [-0.05, 0) is 55.2 Å². The van der Waals surface area contributed by atoms with Crippen LogP contribution in [0.2, 0.25) is 0 Å². The van der Waals surface area contributed by atoms with Crippen molar-refractivity contribution in [3.8, 4) is 5.75 Å². The van der Waals surface area contributed by atoms with Crippen molar-refractivity contribution in [2.24, 2.45) is 5.92 Å². The van der Waals surface area contributed by atoms with Crippen LogP contribution in [-0.2, 0) is 0 Å². The van der Waals surface area contributed by atoms with E-state index in [0.29, 0.717) is 22.9 Å². The van der Waals surface area contributed by atoms with Gasteiger partial charge in [0.2, 0.25) is 0 Å². The Morgan fingerprint density at radius 2 is 1.72 bits per heavy atom. The number of anilines is 2. The third kappa shape index (κ3) is 7.42. The maximum absolute atomic E-state index is 12.4. The average Bonchev–Trinajstić information content (AvgIpc) is 2.65. The number of piperidine rings is 1. The third-order valence-corrected chi connectivity index (χ3v) is 4.79. The van der Waals surface area contributed by atoms with Crippen LogP contribution in [0.15, 0.2) is 48.5 Å². The van der Waals surface area contributed by atoms with E-state index in [9.17, 15) is 4.79 Å². The van der Waals surface area contributed by atoms with E-state index in [1.165, 1.54) is 0 Å². The lowest BCUT2D eigenvalue weighted by atomic mass is 10.1.